The number of methoxy groups -OCH3 is 2. The Hall–Kier alpha value is -5.19. The molecule has 5 rings (SSSR count). The summed E-state index contributed by atoms with van der Waals surface area (Å²) in [5.41, 5.74) is 7.94. The first-order chi connectivity index (χ1) is 21.9. The highest BCUT2D eigenvalue weighted by atomic mass is 16.5. The Morgan fingerprint density at radius 3 is 2.54 bits per heavy atom. The maximum Gasteiger partial charge on any atom is 0.330 e. The molecule has 13 nitrogen and oxygen atoms in total. The molecule has 2 aliphatic heterocycles. The Bertz CT molecular complexity index is 1980. The van der Waals surface area contributed by atoms with E-state index in [4.69, 9.17) is 24.4 Å². The minimum atomic E-state index is -0.562. The van der Waals surface area contributed by atoms with E-state index in [1.165, 1.54) is 23.8 Å². The molecule has 1 saturated heterocycles. The smallest absolute Gasteiger partial charge is 0.330 e. The van der Waals surface area contributed by atoms with E-state index in [1.54, 1.807) is 33.3 Å². The van der Waals surface area contributed by atoms with Gasteiger partial charge in [0.1, 0.15) is 28.9 Å². The van der Waals surface area contributed by atoms with E-state index in [0.29, 0.717) is 35.7 Å². The van der Waals surface area contributed by atoms with E-state index < -0.39 is 23.4 Å². The Morgan fingerprint density at radius 2 is 1.87 bits per heavy atom. The van der Waals surface area contributed by atoms with Crippen LogP contribution in [0, 0.1) is 25.7 Å². The molecule has 1 aromatic heterocycles. The van der Waals surface area contributed by atoms with E-state index in [1.807, 2.05) is 13.0 Å². The predicted molar refractivity (Wildman–Crippen MR) is 170 cm³/mol. The zero-order valence-electron chi connectivity index (χ0n) is 26.3. The van der Waals surface area contributed by atoms with Gasteiger partial charge in [0.15, 0.2) is 5.43 Å². The van der Waals surface area contributed by atoms with Crippen LogP contribution in [0.3, 0.4) is 0 Å². The maximum absolute atomic E-state index is 12.0. The Morgan fingerprint density at radius 1 is 1.11 bits per heavy atom. The number of primary amides is 1. The van der Waals surface area contributed by atoms with Crippen LogP contribution in [0.1, 0.15) is 48.2 Å². The number of aryl methyl sites for hydroxylation is 2. The topological polar surface area (TPSA) is 185 Å². The van der Waals surface area contributed by atoms with Crippen LogP contribution in [0.15, 0.2) is 49.3 Å². The van der Waals surface area contributed by atoms with Gasteiger partial charge < -0.3 is 29.7 Å². The van der Waals surface area contributed by atoms with Crippen LogP contribution in [0.2, 0.25) is 0 Å². The third-order valence-corrected chi connectivity index (χ3v) is 7.36. The van der Waals surface area contributed by atoms with Gasteiger partial charge in [-0.1, -0.05) is 11.8 Å². The summed E-state index contributed by atoms with van der Waals surface area (Å²) in [4.78, 5) is 60.2. The number of rotatable bonds is 7. The largest absolute Gasteiger partial charge is 0.496 e. The molecule has 1 unspecified atom stereocenters. The molecule has 0 radical (unpaired) electrons. The lowest BCUT2D eigenvalue weighted by molar-refractivity contribution is -0.119. The monoisotopic (exact) mass is 632 g/mol. The van der Waals surface area contributed by atoms with Crippen molar-refractivity contribution in [3.05, 3.63) is 83.8 Å². The number of carbonyl (C=O) groups excluding carboxylic acids is 2. The lowest BCUT2D eigenvalue weighted by atomic mass is 9.94. The summed E-state index contributed by atoms with van der Waals surface area (Å²) >= 11 is 0. The molecule has 3 heterocycles. The summed E-state index contributed by atoms with van der Waals surface area (Å²) in [6.07, 6.45) is 2.37. The van der Waals surface area contributed by atoms with Gasteiger partial charge in [0.05, 0.1) is 32.8 Å². The molecule has 2 atom stereocenters. The maximum atomic E-state index is 12.0. The average Bonchev–Trinajstić information content (AvgIpc) is 3.45. The molecule has 2 aromatic rings. The SMILES string of the molecule is COC[C@@H]1CCC(n2cc(C#CCNC(C)=O)c(=O)[nH]c2=O)O1.COc1cc2oc3cc(=O)c(C)cc-3c(CC(N)=O)c2cc1C. The molecule has 3 aliphatic rings. The van der Waals surface area contributed by atoms with Crippen molar-refractivity contribution in [3.63, 3.8) is 0 Å². The fourth-order valence-electron chi connectivity index (χ4n) is 5.12. The number of aromatic nitrogens is 2. The first-order valence-electron chi connectivity index (χ1n) is 14.5. The fraction of sp³-hybridized carbons (Fsp3) is 0.364. The number of fused-ring (bicyclic) bond motifs is 2. The molecule has 1 aromatic carbocycles. The summed E-state index contributed by atoms with van der Waals surface area (Å²) in [5, 5.41) is 3.30. The third kappa shape index (κ3) is 7.90. The summed E-state index contributed by atoms with van der Waals surface area (Å²) in [6.45, 7) is 5.62. The van der Waals surface area contributed by atoms with Gasteiger partial charge >= 0.3 is 5.69 Å². The summed E-state index contributed by atoms with van der Waals surface area (Å²) < 4.78 is 23.3. The molecule has 13 heteroatoms. The zero-order valence-corrected chi connectivity index (χ0v) is 26.3. The van der Waals surface area contributed by atoms with E-state index in [0.717, 1.165) is 28.5 Å². The number of amides is 2. The minimum Gasteiger partial charge on any atom is -0.496 e. The van der Waals surface area contributed by atoms with Gasteiger partial charge in [-0.05, 0) is 55.5 Å². The normalized spacial score (nSPS) is 15.5. The number of benzene rings is 2. The molecule has 46 heavy (non-hydrogen) atoms. The van der Waals surface area contributed by atoms with Crippen molar-refractivity contribution in [1.29, 1.82) is 0 Å². The number of hydrogen-bond acceptors (Lipinski definition) is 9. The van der Waals surface area contributed by atoms with Crippen LogP contribution in [-0.4, -0.2) is 54.8 Å². The van der Waals surface area contributed by atoms with Crippen molar-refractivity contribution in [2.24, 2.45) is 5.73 Å². The Balaban J connectivity index is 0.000000209. The minimum absolute atomic E-state index is 0.0712. The fourth-order valence-corrected chi connectivity index (χ4v) is 5.12. The van der Waals surface area contributed by atoms with Crippen molar-refractivity contribution >= 4 is 22.8 Å². The number of hydrogen-bond donors (Lipinski definition) is 3. The van der Waals surface area contributed by atoms with Crippen LogP contribution in [0.25, 0.3) is 22.3 Å². The molecule has 0 spiro atoms. The molecule has 2 amide bonds. The first kappa shape index (κ1) is 33.7. The highest BCUT2D eigenvalue weighted by Gasteiger charge is 2.27. The van der Waals surface area contributed by atoms with Gasteiger partial charge in [0.25, 0.3) is 5.56 Å². The predicted octanol–water partition coefficient (Wildman–Crippen LogP) is 1.90. The lowest BCUT2D eigenvalue weighted by Gasteiger charge is -2.16. The van der Waals surface area contributed by atoms with Crippen LogP contribution < -0.4 is 32.5 Å². The zero-order chi connectivity index (χ0) is 33.5. The number of H-pyrrole nitrogens is 1. The Kier molecular flexibility index (Phi) is 10.8. The van der Waals surface area contributed by atoms with Crippen LogP contribution in [0.4, 0.5) is 0 Å². The van der Waals surface area contributed by atoms with Crippen molar-refractivity contribution in [1.82, 2.24) is 14.9 Å². The number of nitrogens with two attached hydrogens (primary N) is 1. The summed E-state index contributed by atoms with van der Waals surface area (Å²) in [7, 11) is 3.17. The van der Waals surface area contributed by atoms with Gasteiger partial charge in [-0.15, -0.1) is 0 Å². The number of nitrogens with zero attached hydrogens (tertiary/aromatic N) is 1. The molecule has 242 valence electrons. The molecule has 4 N–H and O–H groups in total. The third-order valence-electron chi connectivity index (χ3n) is 7.36. The van der Waals surface area contributed by atoms with Gasteiger partial charge in [0.2, 0.25) is 11.8 Å². The molecule has 0 saturated carbocycles. The van der Waals surface area contributed by atoms with Gasteiger partial charge in [-0.3, -0.25) is 28.7 Å². The van der Waals surface area contributed by atoms with Gasteiger partial charge in [-0.2, -0.15) is 0 Å². The average molecular weight is 633 g/mol. The van der Waals surface area contributed by atoms with E-state index in [-0.39, 0.29) is 36.0 Å². The van der Waals surface area contributed by atoms with Crippen molar-refractivity contribution in [3.8, 4) is 28.9 Å². The molecule has 1 aliphatic carbocycles. The van der Waals surface area contributed by atoms with Crippen molar-refractivity contribution in [2.75, 3.05) is 27.4 Å². The number of nitrogens with one attached hydrogen (secondary N) is 2. The molecule has 1 fully saturated rings. The van der Waals surface area contributed by atoms with Crippen molar-refractivity contribution < 1.29 is 28.2 Å². The second-order valence-electron chi connectivity index (χ2n) is 10.8. The highest BCUT2D eigenvalue weighted by Crippen LogP contribution is 2.36. The number of ether oxygens (including phenoxy) is 3. The number of carbonyl (C=O) groups is 2. The summed E-state index contributed by atoms with van der Waals surface area (Å²) in [5.74, 6) is 5.79. The molecular weight excluding hydrogens is 596 g/mol. The summed E-state index contributed by atoms with van der Waals surface area (Å²) in [6, 6.07) is 6.87. The van der Waals surface area contributed by atoms with Crippen LogP contribution in [-0.2, 0) is 25.5 Å². The molecule has 0 bridgehead atoms. The standard InChI is InChI=1S/C18H17NO4.C15H19N3O5/c1-9-4-12-11(6-18(19)21)13-5-10(2)15(22-3)8-17(13)23-16(12)7-14(9)20;1-10(19)16-7-3-4-11-8-18(15(21)17-14(11)20)13-6-5-12(23-13)9-22-2/h4-5,7-8H,6H2,1-3H3,(H2,19,21);8,12-13H,5-7,9H2,1-2H3,(H,16,19)(H,17,20,21)/t;12-,13?/m.0/s1. The quantitative estimate of drug-likeness (QED) is 0.202. The van der Waals surface area contributed by atoms with Gasteiger partial charge in [-0.25, -0.2) is 4.79 Å². The van der Waals surface area contributed by atoms with Crippen LogP contribution >= 0.6 is 0 Å². The van der Waals surface area contributed by atoms with E-state index >= 15 is 0 Å². The first-order valence-corrected chi connectivity index (χ1v) is 14.5. The molecular formula is C33H36N4O9. The second kappa shape index (κ2) is 14.7. The number of aromatic amines is 1. The Labute approximate surface area is 264 Å². The second-order valence-corrected chi connectivity index (χ2v) is 10.8. The van der Waals surface area contributed by atoms with E-state index in [9.17, 15) is 24.0 Å². The van der Waals surface area contributed by atoms with Crippen LogP contribution in [0.5, 0.6) is 5.75 Å². The van der Waals surface area contributed by atoms with E-state index in [2.05, 4.69) is 22.1 Å². The lowest BCUT2D eigenvalue weighted by Crippen LogP contribution is -2.33. The van der Waals surface area contributed by atoms with Gasteiger partial charge in [0, 0.05) is 43.3 Å². The highest BCUT2D eigenvalue weighted by molar-refractivity contribution is 5.93. The van der Waals surface area contributed by atoms with Crippen molar-refractivity contribution in [2.45, 2.75) is 52.4 Å².